The Hall–Kier alpha value is -3.02. The number of likely N-dealkylation sites (tertiary alicyclic amines) is 1. The molecule has 27 heavy (non-hydrogen) atoms. The number of rotatable bonds is 5. The van der Waals surface area contributed by atoms with E-state index in [1.54, 1.807) is 12.0 Å². The molecule has 0 aliphatic carbocycles. The first-order chi connectivity index (χ1) is 13.1. The Labute approximate surface area is 159 Å². The van der Waals surface area contributed by atoms with Gasteiger partial charge in [0.1, 0.15) is 5.75 Å². The molecule has 0 aromatic heterocycles. The fourth-order valence-corrected chi connectivity index (χ4v) is 3.35. The van der Waals surface area contributed by atoms with E-state index in [4.69, 9.17) is 9.47 Å². The summed E-state index contributed by atoms with van der Waals surface area (Å²) < 4.78 is 10.1. The maximum absolute atomic E-state index is 12.6. The Balaban J connectivity index is 1.66. The second-order valence-corrected chi connectivity index (χ2v) is 6.59. The van der Waals surface area contributed by atoms with Crippen LogP contribution in [-0.4, -0.2) is 44.2 Å². The number of ether oxygens (including phenoxy) is 2. The summed E-state index contributed by atoms with van der Waals surface area (Å²) >= 11 is 0. The minimum absolute atomic E-state index is 0.153. The maximum atomic E-state index is 12.6. The van der Waals surface area contributed by atoms with Gasteiger partial charge in [-0.3, -0.25) is 4.79 Å². The largest absolute Gasteiger partial charge is 0.496 e. The predicted octanol–water partition coefficient (Wildman–Crippen LogP) is 3.78. The van der Waals surface area contributed by atoms with Crippen LogP contribution < -0.4 is 10.1 Å². The van der Waals surface area contributed by atoms with Crippen molar-refractivity contribution < 1.29 is 19.1 Å². The van der Waals surface area contributed by atoms with E-state index in [0.29, 0.717) is 19.5 Å². The molecule has 2 amide bonds. The minimum Gasteiger partial charge on any atom is -0.496 e. The number of para-hydroxylation sites is 1. The van der Waals surface area contributed by atoms with Crippen LogP contribution in [0.4, 0.5) is 10.5 Å². The summed E-state index contributed by atoms with van der Waals surface area (Å²) in [6.07, 6.45) is 1.16. The first-order valence-electron chi connectivity index (χ1n) is 8.97. The van der Waals surface area contributed by atoms with Crippen LogP contribution in [0.25, 0.3) is 11.1 Å². The van der Waals surface area contributed by atoms with Crippen molar-refractivity contribution >= 4 is 17.7 Å². The Kier molecular flexibility index (Phi) is 5.96. The SMILES string of the molecule is COC(=O)C[C@H]1CCN(C(=O)Nc2cccc(-c3ccccc3OC)c2)C1. The number of amides is 2. The van der Waals surface area contributed by atoms with Crippen molar-refractivity contribution in [1.29, 1.82) is 0 Å². The summed E-state index contributed by atoms with van der Waals surface area (Å²) in [7, 11) is 3.03. The van der Waals surface area contributed by atoms with Crippen LogP contribution in [0.5, 0.6) is 5.75 Å². The monoisotopic (exact) mass is 368 g/mol. The van der Waals surface area contributed by atoms with Crippen molar-refractivity contribution in [2.75, 3.05) is 32.6 Å². The molecule has 1 aliphatic rings. The fourth-order valence-electron chi connectivity index (χ4n) is 3.35. The number of carbonyl (C=O) groups excluding carboxylic acids is 2. The quantitative estimate of drug-likeness (QED) is 0.816. The van der Waals surface area contributed by atoms with E-state index in [1.165, 1.54) is 7.11 Å². The highest BCUT2D eigenvalue weighted by Crippen LogP contribution is 2.31. The van der Waals surface area contributed by atoms with E-state index in [9.17, 15) is 9.59 Å². The Bertz CT molecular complexity index is 821. The molecule has 142 valence electrons. The fraction of sp³-hybridized carbons (Fsp3) is 0.333. The van der Waals surface area contributed by atoms with Crippen LogP contribution in [0.2, 0.25) is 0 Å². The van der Waals surface area contributed by atoms with E-state index in [0.717, 1.165) is 29.0 Å². The first-order valence-corrected chi connectivity index (χ1v) is 8.97. The van der Waals surface area contributed by atoms with Crippen molar-refractivity contribution in [3.8, 4) is 16.9 Å². The number of hydrogen-bond acceptors (Lipinski definition) is 4. The minimum atomic E-state index is -0.230. The smallest absolute Gasteiger partial charge is 0.321 e. The third kappa shape index (κ3) is 4.58. The molecule has 1 heterocycles. The van der Waals surface area contributed by atoms with Gasteiger partial charge in [0, 0.05) is 24.3 Å². The molecule has 1 N–H and O–H groups in total. The molecule has 1 fully saturated rings. The lowest BCUT2D eigenvalue weighted by molar-refractivity contribution is -0.141. The summed E-state index contributed by atoms with van der Waals surface area (Å²) in [5, 5.41) is 2.95. The van der Waals surface area contributed by atoms with Gasteiger partial charge in [-0.05, 0) is 36.1 Å². The van der Waals surface area contributed by atoms with Crippen molar-refractivity contribution in [1.82, 2.24) is 4.90 Å². The molecular formula is C21H24N2O4. The number of methoxy groups -OCH3 is 2. The van der Waals surface area contributed by atoms with Crippen LogP contribution in [0.3, 0.4) is 0 Å². The number of hydrogen-bond donors (Lipinski definition) is 1. The number of urea groups is 1. The molecule has 1 atom stereocenters. The lowest BCUT2D eigenvalue weighted by Crippen LogP contribution is -2.33. The van der Waals surface area contributed by atoms with Gasteiger partial charge < -0.3 is 19.7 Å². The number of carbonyl (C=O) groups is 2. The summed E-state index contributed by atoms with van der Waals surface area (Å²) in [5.74, 6) is 0.709. The normalized spacial score (nSPS) is 16.1. The summed E-state index contributed by atoms with van der Waals surface area (Å²) in [6, 6.07) is 15.3. The van der Waals surface area contributed by atoms with Crippen LogP contribution in [0.15, 0.2) is 48.5 Å². The van der Waals surface area contributed by atoms with E-state index < -0.39 is 0 Å². The lowest BCUT2D eigenvalue weighted by Gasteiger charge is -2.18. The lowest BCUT2D eigenvalue weighted by atomic mass is 10.0. The van der Waals surface area contributed by atoms with Gasteiger partial charge in [-0.15, -0.1) is 0 Å². The van der Waals surface area contributed by atoms with Gasteiger partial charge in [0.15, 0.2) is 0 Å². The maximum Gasteiger partial charge on any atom is 0.321 e. The van der Waals surface area contributed by atoms with Gasteiger partial charge in [0.25, 0.3) is 0 Å². The third-order valence-electron chi connectivity index (χ3n) is 4.79. The average molecular weight is 368 g/mol. The average Bonchev–Trinajstić information content (AvgIpc) is 3.16. The topological polar surface area (TPSA) is 67.9 Å². The van der Waals surface area contributed by atoms with Gasteiger partial charge >= 0.3 is 12.0 Å². The second-order valence-electron chi connectivity index (χ2n) is 6.59. The standard InChI is InChI=1S/C21H24N2O4/c1-26-19-9-4-3-8-18(19)16-6-5-7-17(13-16)22-21(25)23-11-10-15(14-23)12-20(24)27-2/h3-9,13,15H,10-12,14H2,1-2H3,(H,22,25)/t15-/m1/s1. The van der Waals surface area contributed by atoms with E-state index in [-0.39, 0.29) is 17.9 Å². The zero-order valence-electron chi connectivity index (χ0n) is 15.6. The van der Waals surface area contributed by atoms with Crippen molar-refractivity contribution in [3.05, 3.63) is 48.5 Å². The molecule has 6 heteroatoms. The number of anilines is 1. The van der Waals surface area contributed by atoms with Crippen LogP contribution in [-0.2, 0) is 9.53 Å². The first kappa shape index (κ1) is 18.8. The molecular weight excluding hydrogens is 344 g/mol. The highest BCUT2D eigenvalue weighted by atomic mass is 16.5. The van der Waals surface area contributed by atoms with Gasteiger partial charge in [-0.2, -0.15) is 0 Å². The van der Waals surface area contributed by atoms with Crippen molar-refractivity contribution in [2.24, 2.45) is 5.92 Å². The van der Waals surface area contributed by atoms with Crippen molar-refractivity contribution in [2.45, 2.75) is 12.8 Å². The Morgan fingerprint density at radius 1 is 1.15 bits per heavy atom. The molecule has 1 saturated heterocycles. The summed E-state index contributed by atoms with van der Waals surface area (Å²) in [6.45, 7) is 1.20. The molecule has 1 aliphatic heterocycles. The highest BCUT2D eigenvalue weighted by molar-refractivity contribution is 5.90. The van der Waals surface area contributed by atoms with Gasteiger partial charge in [-0.25, -0.2) is 4.79 Å². The molecule has 0 unspecified atom stereocenters. The molecule has 0 saturated carbocycles. The zero-order chi connectivity index (χ0) is 19.2. The van der Waals surface area contributed by atoms with E-state index in [1.807, 2.05) is 48.5 Å². The van der Waals surface area contributed by atoms with E-state index in [2.05, 4.69) is 5.32 Å². The molecule has 2 aromatic carbocycles. The van der Waals surface area contributed by atoms with Gasteiger partial charge in [0.2, 0.25) is 0 Å². The molecule has 6 nitrogen and oxygen atoms in total. The third-order valence-corrected chi connectivity index (χ3v) is 4.79. The molecule has 2 aromatic rings. The molecule has 3 rings (SSSR count). The second kappa shape index (κ2) is 8.58. The molecule has 0 bridgehead atoms. The number of nitrogens with one attached hydrogen (secondary N) is 1. The Morgan fingerprint density at radius 3 is 2.74 bits per heavy atom. The Morgan fingerprint density at radius 2 is 1.96 bits per heavy atom. The summed E-state index contributed by atoms with van der Waals surface area (Å²) in [4.78, 5) is 25.7. The number of nitrogens with zero attached hydrogens (tertiary/aromatic N) is 1. The van der Waals surface area contributed by atoms with Crippen molar-refractivity contribution in [3.63, 3.8) is 0 Å². The summed E-state index contributed by atoms with van der Waals surface area (Å²) in [5.41, 5.74) is 2.66. The van der Waals surface area contributed by atoms with E-state index >= 15 is 0 Å². The van der Waals surface area contributed by atoms with Gasteiger partial charge in [-0.1, -0.05) is 30.3 Å². The number of esters is 1. The van der Waals surface area contributed by atoms with Crippen LogP contribution >= 0.6 is 0 Å². The highest BCUT2D eigenvalue weighted by Gasteiger charge is 2.28. The van der Waals surface area contributed by atoms with Crippen LogP contribution in [0, 0.1) is 5.92 Å². The molecule has 0 radical (unpaired) electrons. The predicted molar refractivity (Wildman–Crippen MR) is 104 cm³/mol. The molecule has 0 spiro atoms. The van der Waals surface area contributed by atoms with Crippen LogP contribution in [0.1, 0.15) is 12.8 Å². The zero-order valence-corrected chi connectivity index (χ0v) is 15.6. The number of benzene rings is 2. The van der Waals surface area contributed by atoms with Gasteiger partial charge in [0.05, 0.1) is 20.6 Å².